The van der Waals surface area contributed by atoms with Gasteiger partial charge in [0.15, 0.2) is 11.5 Å². The summed E-state index contributed by atoms with van der Waals surface area (Å²) in [6.45, 7) is 2.55. The summed E-state index contributed by atoms with van der Waals surface area (Å²) in [5.74, 6) is 0.791. The third kappa shape index (κ3) is 4.77. The van der Waals surface area contributed by atoms with E-state index in [-0.39, 0.29) is 23.4 Å². The first kappa shape index (κ1) is 22.9. The van der Waals surface area contributed by atoms with Crippen molar-refractivity contribution in [3.8, 4) is 17.2 Å². The van der Waals surface area contributed by atoms with Gasteiger partial charge in [-0.05, 0) is 44.0 Å². The predicted molar refractivity (Wildman–Crippen MR) is 117 cm³/mol. The molecule has 3 rings (SSSR count). The summed E-state index contributed by atoms with van der Waals surface area (Å²) in [4.78, 5) is 13.0. The summed E-state index contributed by atoms with van der Waals surface area (Å²) >= 11 is 0. The number of sulfonamides is 1. The maximum Gasteiger partial charge on any atom is 0.251 e. The van der Waals surface area contributed by atoms with Gasteiger partial charge in [0, 0.05) is 24.7 Å². The first-order valence-electron chi connectivity index (χ1n) is 9.98. The second-order valence-corrected chi connectivity index (χ2v) is 9.24. The number of benzene rings is 2. The summed E-state index contributed by atoms with van der Waals surface area (Å²) in [7, 11) is 0.822. The van der Waals surface area contributed by atoms with Crippen molar-refractivity contribution in [3.05, 3.63) is 47.5 Å². The van der Waals surface area contributed by atoms with Crippen LogP contribution in [-0.2, 0) is 10.0 Å². The summed E-state index contributed by atoms with van der Waals surface area (Å²) in [5.41, 5.74) is 1.33. The Labute approximate surface area is 183 Å². The number of ether oxygens (including phenoxy) is 3. The number of rotatable bonds is 8. The molecule has 0 bridgehead atoms. The molecule has 1 fully saturated rings. The van der Waals surface area contributed by atoms with Crippen LogP contribution in [0, 0.1) is 6.92 Å². The van der Waals surface area contributed by atoms with Gasteiger partial charge in [-0.3, -0.25) is 4.79 Å². The van der Waals surface area contributed by atoms with Gasteiger partial charge in [0.1, 0.15) is 0 Å². The van der Waals surface area contributed by atoms with Gasteiger partial charge in [0.25, 0.3) is 5.91 Å². The van der Waals surface area contributed by atoms with Gasteiger partial charge in [-0.2, -0.15) is 4.31 Å². The highest BCUT2D eigenvalue weighted by Crippen LogP contribution is 2.38. The molecule has 168 valence electrons. The molecule has 1 amide bonds. The van der Waals surface area contributed by atoms with E-state index in [1.807, 2.05) is 6.92 Å². The van der Waals surface area contributed by atoms with Crippen LogP contribution >= 0.6 is 0 Å². The average molecular weight is 449 g/mol. The second-order valence-electron chi connectivity index (χ2n) is 7.35. The van der Waals surface area contributed by atoms with Gasteiger partial charge in [-0.25, -0.2) is 8.42 Å². The lowest BCUT2D eigenvalue weighted by Crippen LogP contribution is -2.43. The summed E-state index contributed by atoms with van der Waals surface area (Å²) in [6, 6.07) is 9.62. The van der Waals surface area contributed by atoms with Crippen molar-refractivity contribution in [3.63, 3.8) is 0 Å². The van der Waals surface area contributed by atoms with Gasteiger partial charge >= 0.3 is 0 Å². The van der Waals surface area contributed by atoms with E-state index < -0.39 is 10.0 Å². The number of carbonyl (C=O) groups is 1. The molecule has 2 aromatic rings. The van der Waals surface area contributed by atoms with Crippen LogP contribution in [0.3, 0.4) is 0 Å². The fourth-order valence-corrected chi connectivity index (χ4v) is 5.39. The second kappa shape index (κ2) is 9.57. The number of amides is 1. The minimum Gasteiger partial charge on any atom is -0.493 e. The third-order valence-electron chi connectivity index (χ3n) is 5.38. The quantitative estimate of drug-likeness (QED) is 0.667. The van der Waals surface area contributed by atoms with Crippen LogP contribution < -0.4 is 19.5 Å². The van der Waals surface area contributed by atoms with Crippen molar-refractivity contribution in [2.45, 2.75) is 30.7 Å². The lowest BCUT2D eigenvalue weighted by molar-refractivity contribution is 0.0945. The van der Waals surface area contributed by atoms with E-state index in [9.17, 15) is 13.2 Å². The Kier molecular flexibility index (Phi) is 7.07. The van der Waals surface area contributed by atoms with E-state index in [1.165, 1.54) is 25.6 Å². The molecule has 1 atom stereocenters. The molecule has 31 heavy (non-hydrogen) atoms. The predicted octanol–water partition coefficient (Wildman–Crippen LogP) is 2.60. The van der Waals surface area contributed by atoms with Crippen molar-refractivity contribution in [1.29, 1.82) is 0 Å². The van der Waals surface area contributed by atoms with Crippen molar-refractivity contribution < 1.29 is 27.4 Å². The third-order valence-corrected chi connectivity index (χ3v) is 7.34. The Balaban J connectivity index is 1.74. The first-order valence-corrected chi connectivity index (χ1v) is 11.4. The van der Waals surface area contributed by atoms with E-state index in [1.54, 1.807) is 36.4 Å². The maximum atomic E-state index is 13.1. The van der Waals surface area contributed by atoms with Crippen LogP contribution in [0.2, 0.25) is 0 Å². The summed E-state index contributed by atoms with van der Waals surface area (Å²) in [5, 5.41) is 2.85. The first-order chi connectivity index (χ1) is 14.8. The maximum absolute atomic E-state index is 13.1. The number of hydrogen-bond donors (Lipinski definition) is 1. The zero-order valence-corrected chi connectivity index (χ0v) is 19.0. The molecule has 1 N–H and O–H groups in total. The molecule has 0 saturated carbocycles. The number of nitrogens with zero attached hydrogens (tertiary/aromatic N) is 1. The molecular formula is C22H28N2O6S. The van der Waals surface area contributed by atoms with Crippen LogP contribution in [0.4, 0.5) is 0 Å². The number of methoxy groups -OCH3 is 3. The normalized spacial score (nSPS) is 16.7. The molecule has 1 unspecified atom stereocenters. The lowest BCUT2D eigenvalue weighted by Gasteiger charge is -2.24. The molecule has 9 heteroatoms. The van der Waals surface area contributed by atoms with Crippen molar-refractivity contribution in [2.75, 3.05) is 34.4 Å². The highest BCUT2D eigenvalue weighted by Gasteiger charge is 2.35. The van der Waals surface area contributed by atoms with Crippen molar-refractivity contribution in [2.24, 2.45) is 0 Å². The van der Waals surface area contributed by atoms with Crippen LogP contribution in [0.5, 0.6) is 17.2 Å². The molecule has 2 aromatic carbocycles. The fourth-order valence-electron chi connectivity index (χ4n) is 3.70. The standard InChI is InChI=1S/C22H28N2O6S/c1-15-7-9-18(10-8-15)31(26,27)24-11-5-6-17(24)14-23-22(25)16-12-19(28-2)21(30-4)20(13-16)29-3/h7-10,12-13,17H,5-6,11,14H2,1-4H3,(H,23,25). The molecule has 1 heterocycles. The lowest BCUT2D eigenvalue weighted by atomic mass is 10.1. The molecule has 8 nitrogen and oxygen atoms in total. The largest absolute Gasteiger partial charge is 0.493 e. The smallest absolute Gasteiger partial charge is 0.251 e. The van der Waals surface area contributed by atoms with E-state index in [0.29, 0.717) is 35.8 Å². The highest BCUT2D eigenvalue weighted by molar-refractivity contribution is 7.89. The molecule has 1 aliphatic heterocycles. The Hall–Kier alpha value is -2.78. The SMILES string of the molecule is COc1cc(C(=O)NCC2CCCN2S(=O)(=O)c2ccc(C)cc2)cc(OC)c1OC. The number of aryl methyl sites for hydroxylation is 1. The van der Waals surface area contributed by atoms with Crippen LogP contribution in [0.25, 0.3) is 0 Å². The van der Waals surface area contributed by atoms with Crippen LogP contribution in [0.1, 0.15) is 28.8 Å². The van der Waals surface area contributed by atoms with Crippen LogP contribution in [-0.4, -0.2) is 59.1 Å². The van der Waals surface area contributed by atoms with E-state index in [2.05, 4.69) is 5.32 Å². The number of carbonyl (C=O) groups excluding carboxylic acids is 1. The topological polar surface area (TPSA) is 94.2 Å². The zero-order valence-electron chi connectivity index (χ0n) is 18.2. The van der Waals surface area contributed by atoms with Gasteiger partial charge in [0.2, 0.25) is 15.8 Å². The molecule has 0 radical (unpaired) electrons. The van der Waals surface area contributed by atoms with Crippen LogP contribution in [0.15, 0.2) is 41.3 Å². The molecular weight excluding hydrogens is 420 g/mol. The minimum atomic E-state index is -3.62. The Morgan fingerprint density at radius 2 is 1.68 bits per heavy atom. The zero-order chi connectivity index (χ0) is 22.6. The van der Waals surface area contributed by atoms with Gasteiger partial charge < -0.3 is 19.5 Å². The molecule has 0 aliphatic carbocycles. The van der Waals surface area contributed by atoms with Crippen molar-refractivity contribution in [1.82, 2.24) is 9.62 Å². The van der Waals surface area contributed by atoms with E-state index >= 15 is 0 Å². The van der Waals surface area contributed by atoms with Gasteiger partial charge in [-0.1, -0.05) is 17.7 Å². The fraction of sp³-hybridized carbons (Fsp3) is 0.409. The average Bonchev–Trinajstić information content (AvgIpc) is 3.26. The van der Waals surface area contributed by atoms with E-state index in [4.69, 9.17) is 14.2 Å². The Morgan fingerprint density at radius 1 is 1.06 bits per heavy atom. The summed E-state index contributed by atoms with van der Waals surface area (Å²) < 4.78 is 43.5. The molecule has 0 spiro atoms. The Bertz CT molecular complexity index is 1010. The molecule has 1 saturated heterocycles. The number of hydrogen-bond acceptors (Lipinski definition) is 6. The number of nitrogens with one attached hydrogen (secondary N) is 1. The minimum absolute atomic E-state index is 0.209. The Morgan fingerprint density at radius 3 is 2.23 bits per heavy atom. The van der Waals surface area contributed by atoms with E-state index in [0.717, 1.165) is 12.0 Å². The molecule has 0 aromatic heterocycles. The highest BCUT2D eigenvalue weighted by atomic mass is 32.2. The molecule has 1 aliphatic rings. The summed E-state index contributed by atoms with van der Waals surface area (Å²) in [6.07, 6.45) is 1.43. The van der Waals surface area contributed by atoms with Crippen molar-refractivity contribution >= 4 is 15.9 Å². The van der Waals surface area contributed by atoms with Gasteiger partial charge in [0.05, 0.1) is 26.2 Å². The monoisotopic (exact) mass is 448 g/mol. The van der Waals surface area contributed by atoms with Gasteiger partial charge in [-0.15, -0.1) is 0 Å².